The average Bonchev–Trinajstić information content (AvgIpc) is 2.00. The first-order valence-electron chi connectivity index (χ1n) is 4.16. The van der Waals surface area contributed by atoms with Gasteiger partial charge < -0.3 is 10.2 Å². The van der Waals surface area contributed by atoms with Crippen molar-refractivity contribution in [1.82, 2.24) is 0 Å². The summed E-state index contributed by atoms with van der Waals surface area (Å²) >= 11 is 0. The summed E-state index contributed by atoms with van der Waals surface area (Å²) in [6, 6.07) is 3.18. The van der Waals surface area contributed by atoms with E-state index in [0.717, 1.165) is 24.0 Å². The van der Waals surface area contributed by atoms with Crippen LogP contribution in [-0.2, 0) is 6.42 Å². The van der Waals surface area contributed by atoms with E-state index in [1.54, 1.807) is 19.1 Å². The molecule has 2 heteroatoms. The second kappa shape index (κ2) is 3.48. The molecule has 0 radical (unpaired) electrons. The minimum absolute atomic E-state index is 0.230. The molecule has 1 rings (SSSR count). The summed E-state index contributed by atoms with van der Waals surface area (Å²) in [6.07, 6.45) is 1.78. The largest absolute Gasteiger partial charge is 0.508 e. The molecule has 2 nitrogen and oxygen atoms in total. The van der Waals surface area contributed by atoms with Crippen LogP contribution >= 0.6 is 0 Å². The normalized spacial score (nSPS) is 10.2. The first-order chi connectivity index (χ1) is 5.65. The van der Waals surface area contributed by atoms with Crippen molar-refractivity contribution >= 4 is 0 Å². The van der Waals surface area contributed by atoms with Crippen LogP contribution in [0.15, 0.2) is 12.1 Å². The maximum absolute atomic E-state index is 9.54. The highest BCUT2D eigenvalue weighted by atomic mass is 16.3. The molecule has 66 valence electrons. The summed E-state index contributed by atoms with van der Waals surface area (Å²) in [7, 11) is 0. The molecule has 0 aliphatic carbocycles. The fourth-order valence-corrected chi connectivity index (χ4v) is 1.29. The third kappa shape index (κ3) is 1.70. The van der Waals surface area contributed by atoms with Crippen LogP contribution in [0.25, 0.3) is 0 Å². The van der Waals surface area contributed by atoms with Crippen LogP contribution < -0.4 is 0 Å². The lowest BCUT2D eigenvalue weighted by Crippen LogP contribution is -1.86. The van der Waals surface area contributed by atoms with Crippen LogP contribution in [0.4, 0.5) is 0 Å². The van der Waals surface area contributed by atoms with E-state index in [2.05, 4.69) is 0 Å². The van der Waals surface area contributed by atoms with E-state index in [-0.39, 0.29) is 5.75 Å². The van der Waals surface area contributed by atoms with Crippen LogP contribution in [0.2, 0.25) is 0 Å². The summed E-state index contributed by atoms with van der Waals surface area (Å²) in [4.78, 5) is 0. The molecular weight excluding hydrogens is 152 g/mol. The van der Waals surface area contributed by atoms with E-state index >= 15 is 0 Å². The van der Waals surface area contributed by atoms with Gasteiger partial charge in [0.2, 0.25) is 0 Å². The van der Waals surface area contributed by atoms with Crippen molar-refractivity contribution in [2.45, 2.75) is 26.7 Å². The topological polar surface area (TPSA) is 40.5 Å². The van der Waals surface area contributed by atoms with Gasteiger partial charge in [0.15, 0.2) is 0 Å². The van der Waals surface area contributed by atoms with Crippen LogP contribution in [-0.4, -0.2) is 10.2 Å². The second-order valence-corrected chi connectivity index (χ2v) is 3.02. The Kier molecular flexibility index (Phi) is 2.58. The lowest BCUT2D eigenvalue weighted by Gasteiger charge is -2.06. The van der Waals surface area contributed by atoms with Crippen molar-refractivity contribution < 1.29 is 10.2 Å². The SMILES string of the molecule is CCCc1cc(O)cc(C)c1O. The molecule has 0 amide bonds. The van der Waals surface area contributed by atoms with Crippen molar-refractivity contribution in [3.05, 3.63) is 23.3 Å². The van der Waals surface area contributed by atoms with E-state index in [0.29, 0.717) is 5.75 Å². The molecule has 0 heterocycles. The molecule has 0 spiro atoms. The number of phenols is 2. The first kappa shape index (κ1) is 8.91. The minimum atomic E-state index is 0.230. The Morgan fingerprint density at radius 2 is 1.92 bits per heavy atom. The molecule has 2 N–H and O–H groups in total. The van der Waals surface area contributed by atoms with Crippen LogP contribution in [0, 0.1) is 6.92 Å². The van der Waals surface area contributed by atoms with Gasteiger partial charge in [0.05, 0.1) is 0 Å². The predicted octanol–water partition coefficient (Wildman–Crippen LogP) is 2.36. The number of rotatable bonds is 2. The standard InChI is InChI=1S/C10H14O2/c1-3-4-8-6-9(11)5-7(2)10(8)12/h5-6,11-12H,3-4H2,1-2H3. The van der Waals surface area contributed by atoms with Gasteiger partial charge in [-0.2, -0.15) is 0 Å². The third-order valence-electron chi connectivity index (χ3n) is 1.88. The number of phenolic OH excluding ortho intramolecular Hbond substituents is 2. The first-order valence-corrected chi connectivity index (χ1v) is 4.16. The molecule has 0 saturated carbocycles. The molecule has 0 aliphatic rings. The number of aryl methyl sites for hydroxylation is 2. The van der Waals surface area contributed by atoms with Crippen LogP contribution in [0.3, 0.4) is 0 Å². The third-order valence-corrected chi connectivity index (χ3v) is 1.88. The monoisotopic (exact) mass is 166 g/mol. The lowest BCUT2D eigenvalue weighted by molar-refractivity contribution is 0.450. The van der Waals surface area contributed by atoms with Crippen LogP contribution in [0.5, 0.6) is 11.5 Å². The van der Waals surface area contributed by atoms with E-state index in [4.69, 9.17) is 0 Å². The van der Waals surface area contributed by atoms with Crippen LogP contribution in [0.1, 0.15) is 24.5 Å². The Balaban J connectivity index is 3.09. The summed E-state index contributed by atoms with van der Waals surface area (Å²) in [5.41, 5.74) is 1.56. The van der Waals surface area contributed by atoms with Gasteiger partial charge in [-0.1, -0.05) is 13.3 Å². The van der Waals surface area contributed by atoms with E-state index in [9.17, 15) is 10.2 Å². The lowest BCUT2D eigenvalue weighted by atomic mass is 10.1. The minimum Gasteiger partial charge on any atom is -0.508 e. The summed E-state index contributed by atoms with van der Waals surface area (Å²) in [6.45, 7) is 3.83. The zero-order valence-corrected chi connectivity index (χ0v) is 7.46. The molecule has 0 atom stereocenters. The van der Waals surface area contributed by atoms with E-state index in [1.807, 2.05) is 6.92 Å². The number of aromatic hydroxyl groups is 2. The van der Waals surface area contributed by atoms with Gasteiger partial charge in [-0.05, 0) is 36.6 Å². The summed E-state index contributed by atoms with van der Waals surface area (Å²) in [5.74, 6) is 0.545. The van der Waals surface area contributed by atoms with Crippen molar-refractivity contribution in [2.24, 2.45) is 0 Å². The highest BCUT2D eigenvalue weighted by Gasteiger charge is 2.04. The summed E-state index contributed by atoms with van der Waals surface area (Å²) in [5, 5.41) is 18.8. The van der Waals surface area contributed by atoms with Gasteiger partial charge in [0, 0.05) is 0 Å². The van der Waals surface area contributed by atoms with Gasteiger partial charge in [-0.25, -0.2) is 0 Å². The maximum atomic E-state index is 9.54. The number of benzene rings is 1. The fraction of sp³-hybridized carbons (Fsp3) is 0.400. The average molecular weight is 166 g/mol. The molecular formula is C10H14O2. The fourth-order valence-electron chi connectivity index (χ4n) is 1.29. The zero-order valence-electron chi connectivity index (χ0n) is 7.46. The zero-order chi connectivity index (χ0) is 9.14. The highest BCUT2D eigenvalue weighted by Crippen LogP contribution is 2.27. The molecule has 0 fully saturated rings. The number of hydrogen-bond acceptors (Lipinski definition) is 2. The van der Waals surface area contributed by atoms with Gasteiger partial charge in [0.25, 0.3) is 0 Å². The molecule has 1 aromatic rings. The van der Waals surface area contributed by atoms with E-state index in [1.165, 1.54) is 0 Å². The molecule has 1 aromatic carbocycles. The van der Waals surface area contributed by atoms with Gasteiger partial charge in [-0.15, -0.1) is 0 Å². The smallest absolute Gasteiger partial charge is 0.121 e. The molecule has 0 saturated heterocycles. The molecule has 0 bridgehead atoms. The maximum Gasteiger partial charge on any atom is 0.121 e. The Morgan fingerprint density at radius 3 is 2.50 bits per heavy atom. The Hall–Kier alpha value is -1.18. The Bertz CT molecular complexity index is 279. The van der Waals surface area contributed by atoms with Gasteiger partial charge in [0.1, 0.15) is 11.5 Å². The number of hydrogen-bond donors (Lipinski definition) is 2. The molecule has 0 unspecified atom stereocenters. The van der Waals surface area contributed by atoms with Crippen molar-refractivity contribution in [1.29, 1.82) is 0 Å². The van der Waals surface area contributed by atoms with Gasteiger partial charge >= 0.3 is 0 Å². The van der Waals surface area contributed by atoms with Gasteiger partial charge in [-0.3, -0.25) is 0 Å². The molecule has 0 aliphatic heterocycles. The Morgan fingerprint density at radius 1 is 1.25 bits per heavy atom. The highest BCUT2D eigenvalue weighted by molar-refractivity contribution is 5.45. The summed E-state index contributed by atoms with van der Waals surface area (Å²) < 4.78 is 0. The quantitative estimate of drug-likeness (QED) is 0.662. The van der Waals surface area contributed by atoms with Crippen molar-refractivity contribution in [3.63, 3.8) is 0 Å². The predicted molar refractivity (Wildman–Crippen MR) is 48.5 cm³/mol. The molecule has 12 heavy (non-hydrogen) atoms. The van der Waals surface area contributed by atoms with E-state index < -0.39 is 0 Å². The van der Waals surface area contributed by atoms with Crippen molar-refractivity contribution in [3.8, 4) is 11.5 Å². The second-order valence-electron chi connectivity index (χ2n) is 3.02. The molecule has 0 aromatic heterocycles. The van der Waals surface area contributed by atoms with Crippen molar-refractivity contribution in [2.75, 3.05) is 0 Å². The Labute approximate surface area is 72.5 Å².